The molecule has 23 heavy (non-hydrogen) atoms. The Morgan fingerprint density at radius 1 is 1.17 bits per heavy atom. The van der Waals surface area contributed by atoms with Crippen LogP contribution >= 0.6 is 33.9 Å². The van der Waals surface area contributed by atoms with Gasteiger partial charge in [-0.2, -0.15) is 0 Å². The van der Waals surface area contributed by atoms with E-state index in [9.17, 15) is 9.59 Å². The summed E-state index contributed by atoms with van der Waals surface area (Å²) in [5, 5.41) is 3.48. The lowest BCUT2D eigenvalue weighted by Crippen LogP contribution is -2.18. The van der Waals surface area contributed by atoms with E-state index in [4.69, 9.17) is 5.73 Å². The van der Waals surface area contributed by atoms with Crippen LogP contribution in [-0.4, -0.2) is 11.8 Å². The van der Waals surface area contributed by atoms with Gasteiger partial charge in [0.2, 0.25) is 0 Å². The monoisotopic (exact) mass is 440 g/mol. The van der Waals surface area contributed by atoms with Gasteiger partial charge < -0.3 is 11.1 Å². The van der Waals surface area contributed by atoms with E-state index in [1.165, 1.54) is 22.6 Å². The molecule has 0 atom stereocenters. The molecule has 3 rings (SSSR count). The predicted octanol–water partition coefficient (Wildman–Crippen LogP) is 3.97. The Morgan fingerprint density at radius 3 is 2.70 bits per heavy atom. The molecule has 0 radical (unpaired) electrons. The van der Waals surface area contributed by atoms with Crippen molar-refractivity contribution in [2.24, 2.45) is 5.73 Å². The molecule has 6 heteroatoms. The lowest BCUT2D eigenvalue weighted by Gasteiger charge is -2.06. The van der Waals surface area contributed by atoms with Gasteiger partial charge in [-0.05, 0) is 72.0 Å². The minimum Gasteiger partial charge on any atom is -0.365 e. The Morgan fingerprint density at radius 2 is 1.96 bits per heavy atom. The summed E-state index contributed by atoms with van der Waals surface area (Å²) < 4.78 is 0.993. The van der Waals surface area contributed by atoms with E-state index in [0.29, 0.717) is 16.1 Å². The lowest BCUT2D eigenvalue weighted by atomic mass is 10.1. The van der Waals surface area contributed by atoms with Gasteiger partial charge in [0.15, 0.2) is 0 Å². The number of fused-ring (bicyclic) bond motifs is 1. The first-order chi connectivity index (χ1) is 11.1. The number of carbonyl (C=O) groups is 2. The zero-order valence-corrected chi connectivity index (χ0v) is 15.5. The molecule has 0 spiro atoms. The summed E-state index contributed by atoms with van der Waals surface area (Å²) in [6.07, 6.45) is 5.18. The number of hydrogen-bond acceptors (Lipinski definition) is 3. The number of nitrogens with one attached hydrogen (secondary N) is 1. The number of nitrogens with two attached hydrogens (primary N) is 1. The van der Waals surface area contributed by atoms with E-state index in [1.807, 2.05) is 18.2 Å². The maximum atomic E-state index is 12.5. The second-order valence-corrected chi connectivity index (χ2v) is 7.95. The molecule has 0 saturated carbocycles. The highest BCUT2D eigenvalue weighted by atomic mass is 127. The van der Waals surface area contributed by atoms with Gasteiger partial charge in [-0.15, -0.1) is 11.3 Å². The Hall–Kier alpha value is -1.41. The molecule has 1 aromatic heterocycles. The number of thiophene rings is 1. The van der Waals surface area contributed by atoms with Crippen LogP contribution in [0, 0.1) is 3.57 Å². The molecule has 1 heterocycles. The topological polar surface area (TPSA) is 72.2 Å². The summed E-state index contributed by atoms with van der Waals surface area (Å²) >= 11 is 3.67. The van der Waals surface area contributed by atoms with Crippen LogP contribution in [0.3, 0.4) is 0 Å². The molecule has 120 valence electrons. The summed E-state index contributed by atoms with van der Waals surface area (Å²) in [6.45, 7) is 0. The van der Waals surface area contributed by atoms with Crippen LogP contribution in [0.2, 0.25) is 0 Å². The Labute approximate surface area is 152 Å². The standard InChI is InChI=1S/C17H17IN2O2S/c18-11-6-4-5-10(9-11)16(22)20-17-14(15(19)21)12-7-2-1-3-8-13(12)23-17/h4-6,9H,1-3,7-8H2,(H2,19,21)(H,20,22). The first-order valence-corrected chi connectivity index (χ1v) is 9.47. The van der Waals surface area contributed by atoms with Crippen molar-refractivity contribution in [1.82, 2.24) is 0 Å². The summed E-state index contributed by atoms with van der Waals surface area (Å²) in [4.78, 5) is 25.6. The molecule has 2 amide bonds. The highest BCUT2D eigenvalue weighted by molar-refractivity contribution is 14.1. The Balaban J connectivity index is 1.93. The molecule has 0 unspecified atom stereocenters. The highest BCUT2D eigenvalue weighted by Crippen LogP contribution is 2.37. The third kappa shape index (κ3) is 3.58. The van der Waals surface area contributed by atoms with Gasteiger partial charge in [0.1, 0.15) is 5.00 Å². The van der Waals surface area contributed by atoms with Crippen molar-refractivity contribution in [3.05, 3.63) is 49.4 Å². The normalized spacial score (nSPS) is 14.0. The van der Waals surface area contributed by atoms with Crippen LogP contribution in [-0.2, 0) is 12.8 Å². The minimum absolute atomic E-state index is 0.206. The fraction of sp³-hybridized carbons (Fsp3) is 0.294. The zero-order valence-electron chi connectivity index (χ0n) is 12.5. The van der Waals surface area contributed by atoms with Crippen LogP contribution in [0.25, 0.3) is 0 Å². The third-order valence-corrected chi connectivity index (χ3v) is 5.86. The maximum Gasteiger partial charge on any atom is 0.256 e. The SMILES string of the molecule is NC(=O)c1c(NC(=O)c2cccc(I)c2)sc2c1CCCCC2. The van der Waals surface area contributed by atoms with E-state index >= 15 is 0 Å². The number of aryl methyl sites for hydroxylation is 1. The molecular weight excluding hydrogens is 423 g/mol. The number of primary amides is 1. The van der Waals surface area contributed by atoms with Gasteiger partial charge in [0, 0.05) is 14.0 Å². The summed E-state index contributed by atoms with van der Waals surface area (Å²) in [7, 11) is 0. The predicted molar refractivity (Wildman–Crippen MR) is 101 cm³/mol. The van der Waals surface area contributed by atoms with Gasteiger partial charge in [-0.25, -0.2) is 0 Å². The fourth-order valence-electron chi connectivity index (χ4n) is 2.90. The molecular formula is C17H17IN2O2S. The summed E-state index contributed by atoms with van der Waals surface area (Å²) in [5.74, 6) is -0.662. The first-order valence-electron chi connectivity index (χ1n) is 7.57. The van der Waals surface area contributed by atoms with Crippen molar-refractivity contribution < 1.29 is 9.59 Å². The Kier molecular flexibility index (Phi) is 5.01. The van der Waals surface area contributed by atoms with Crippen LogP contribution in [0.1, 0.15) is 50.4 Å². The van der Waals surface area contributed by atoms with Crippen molar-refractivity contribution >= 4 is 50.7 Å². The van der Waals surface area contributed by atoms with Crippen molar-refractivity contribution in [1.29, 1.82) is 0 Å². The van der Waals surface area contributed by atoms with Gasteiger partial charge in [0.25, 0.3) is 11.8 Å². The van der Waals surface area contributed by atoms with Crippen LogP contribution < -0.4 is 11.1 Å². The maximum absolute atomic E-state index is 12.5. The largest absolute Gasteiger partial charge is 0.365 e. The molecule has 0 saturated heterocycles. The van der Waals surface area contributed by atoms with Crippen LogP contribution in [0.15, 0.2) is 24.3 Å². The average molecular weight is 440 g/mol. The molecule has 4 nitrogen and oxygen atoms in total. The van der Waals surface area contributed by atoms with Crippen molar-refractivity contribution in [3.63, 3.8) is 0 Å². The second kappa shape index (κ2) is 7.00. The summed E-state index contributed by atoms with van der Waals surface area (Å²) in [6, 6.07) is 7.35. The molecule has 3 N–H and O–H groups in total. The number of hydrogen-bond donors (Lipinski definition) is 2. The molecule has 0 bridgehead atoms. The molecule has 1 aliphatic rings. The molecule has 1 aliphatic carbocycles. The van der Waals surface area contributed by atoms with Crippen LogP contribution in [0.5, 0.6) is 0 Å². The van der Waals surface area contributed by atoms with Gasteiger partial charge in [-0.1, -0.05) is 12.5 Å². The van der Waals surface area contributed by atoms with Crippen molar-refractivity contribution in [2.75, 3.05) is 5.32 Å². The zero-order chi connectivity index (χ0) is 16.4. The molecule has 1 aromatic carbocycles. The number of amides is 2. The van der Waals surface area contributed by atoms with Crippen molar-refractivity contribution in [3.8, 4) is 0 Å². The molecule has 0 fully saturated rings. The number of halogens is 1. The van der Waals surface area contributed by atoms with E-state index in [1.54, 1.807) is 6.07 Å². The smallest absolute Gasteiger partial charge is 0.256 e. The van der Waals surface area contributed by atoms with E-state index in [2.05, 4.69) is 27.9 Å². The van der Waals surface area contributed by atoms with Gasteiger partial charge in [-0.3, -0.25) is 9.59 Å². The first kappa shape index (κ1) is 16.4. The second-order valence-electron chi connectivity index (χ2n) is 5.60. The fourth-order valence-corrected chi connectivity index (χ4v) is 4.73. The van der Waals surface area contributed by atoms with E-state index in [0.717, 1.165) is 34.8 Å². The quantitative estimate of drug-likeness (QED) is 0.560. The van der Waals surface area contributed by atoms with E-state index < -0.39 is 5.91 Å². The number of rotatable bonds is 3. The van der Waals surface area contributed by atoms with Gasteiger partial charge in [0.05, 0.1) is 5.56 Å². The minimum atomic E-state index is -0.456. The Bertz CT molecular complexity index is 770. The number of anilines is 1. The van der Waals surface area contributed by atoms with Crippen LogP contribution in [0.4, 0.5) is 5.00 Å². The highest BCUT2D eigenvalue weighted by Gasteiger charge is 2.24. The molecule has 2 aromatic rings. The number of benzene rings is 1. The average Bonchev–Trinajstić information content (AvgIpc) is 2.69. The van der Waals surface area contributed by atoms with E-state index in [-0.39, 0.29) is 5.91 Å². The third-order valence-electron chi connectivity index (χ3n) is 3.98. The molecule has 0 aliphatic heterocycles. The summed E-state index contributed by atoms with van der Waals surface area (Å²) in [5.41, 5.74) is 7.71. The lowest BCUT2D eigenvalue weighted by molar-refractivity contribution is 0.100. The number of carbonyl (C=O) groups excluding carboxylic acids is 2. The van der Waals surface area contributed by atoms with Crippen molar-refractivity contribution in [2.45, 2.75) is 32.1 Å². The van der Waals surface area contributed by atoms with Gasteiger partial charge >= 0.3 is 0 Å².